The highest BCUT2D eigenvalue weighted by Gasteiger charge is 2.40. The van der Waals surface area contributed by atoms with E-state index in [-0.39, 0.29) is 10.8 Å². The summed E-state index contributed by atoms with van der Waals surface area (Å²) in [5.74, 6) is -1.01. The third-order valence-corrected chi connectivity index (χ3v) is 10.8. The topological polar surface area (TPSA) is 113 Å². The summed E-state index contributed by atoms with van der Waals surface area (Å²) in [6, 6.07) is 12.6. The molecule has 1 saturated heterocycles. The molecule has 184 valence electrons. The van der Waals surface area contributed by atoms with Crippen molar-refractivity contribution in [2.45, 2.75) is 42.6 Å². The van der Waals surface area contributed by atoms with Crippen LogP contribution in [0.2, 0.25) is 0 Å². The van der Waals surface area contributed by atoms with Crippen LogP contribution in [0.3, 0.4) is 0 Å². The third kappa shape index (κ3) is 4.78. The zero-order valence-corrected chi connectivity index (χ0v) is 21.4. The zero-order chi connectivity index (χ0) is 24.6. The van der Waals surface area contributed by atoms with Gasteiger partial charge >= 0.3 is 0 Å². The van der Waals surface area contributed by atoms with Gasteiger partial charge in [-0.05, 0) is 41.8 Å². The Balaban J connectivity index is 1.36. The van der Waals surface area contributed by atoms with Crippen LogP contribution in [-0.4, -0.2) is 48.6 Å². The maximum absolute atomic E-state index is 13.3. The number of anilines is 1. The molecule has 2 aliphatic heterocycles. The molecule has 8 nitrogen and oxygen atoms in total. The number of thiophene rings is 2. The van der Waals surface area contributed by atoms with Crippen LogP contribution in [0.5, 0.6) is 0 Å². The summed E-state index contributed by atoms with van der Waals surface area (Å²) in [5.41, 5.74) is 8.18. The molecule has 1 aromatic carbocycles. The molecule has 3 aromatic rings. The Morgan fingerprint density at radius 2 is 1.91 bits per heavy atom. The van der Waals surface area contributed by atoms with Gasteiger partial charge in [-0.15, -0.1) is 22.7 Å². The lowest BCUT2D eigenvalue weighted by Crippen LogP contribution is -2.43. The number of fused-ring (bicyclic) bond motifs is 1. The highest BCUT2D eigenvalue weighted by molar-refractivity contribution is 7.91. The number of nitrogens with zero attached hydrogens (tertiary/aromatic N) is 2. The van der Waals surface area contributed by atoms with Crippen LogP contribution < -0.4 is 11.1 Å². The van der Waals surface area contributed by atoms with E-state index in [1.165, 1.54) is 21.2 Å². The molecule has 0 radical (unpaired) electrons. The zero-order valence-electron chi connectivity index (χ0n) is 19.0. The first-order valence-electron chi connectivity index (χ1n) is 11.4. The normalized spacial score (nSPS) is 18.9. The van der Waals surface area contributed by atoms with Gasteiger partial charge in [-0.3, -0.25) is 14.5 Å². The Bertz CT molecular complexity index is 1340. The van der Waals surface area contributed by atoms with Crippen molar-refractivity contribution in [1.29, 1.82) is 0 Å². The molecule has 2 aliphatic rings. The molecular weight excluding hydrogens is 504 g/mol. The van der Waals surface area contributed by atoms with E-state index in [0.717, 1.165) is 34.9 Å². The first-order chi connectivity index (χ1) is 16.8. The van der Waals surface area contributed by atoms with E-state index in [2.05, 4.69) is 22.3 Å². The highest BCUT2D eigenvalue weighted by Crippen LogP contribution is 2.38. The lowest BCUT2D eigenvalue weighted by molar-refractivity contribution is -0.119. The SMILES string of the molecule is NC(=O)c1c(NC(=O)C2CCCN2S(=O)(=O)c2cccs2)sc2c1CCN(Cc1ccccc1)C2. The summed E-state index contributed by atoms with van der Waals surface area (Å²) in [6.07, 6.45) is 1.69. The lowest BCUT2D eigenvalue weighted by Gasteiger charge is -2.27. The van der Waals surface area contributed by atoms with Crippen molar-refractivity contribution in [3.63, 3.8) is 0 Å². The Morgan fingerprint density at radius 1 is 1.11 bits per heavy atom. The first-order valence-corrected chi connectivity index (χ1v) is 14.5. The maximum atomic E-state index is 13.3. The predicted octanol–water partition coefficient (Wildman–Crippen LogP) is 3.26. The lowest BCUT2D eigenvalue weighted by atomic mass is 10.0. The summed E-state index contributed by atoms with van der Waals surface area (Å²) in [7, 11) is -3.75. The molecule has 3 N–H and O–H groups in total. The van der Waals surface area contributed by atoms with E-state index in [4.69, 9.17) is 5.73 Å². The van der Waals surface area contributed by atoms with Crippen molar-refractivity contribution >= 4 is 49.5 Å². The minimum Gasteiger partial charge on any atom is -0.365 e. The van der Waals surface area contributed by atoms with Gasteiger partial charge < -0.3 is 11.1 Å². The van der Waals surface area contributed by atoms with Gasteiger partial charge in [0.15, 0.2) is 0 Å². The number of primary amides is 1. The molecule has 1 atom stereocenters. The summed E-state index contributed by atoms with van der Waals surface area (Å²) in [6.45, 7) is 2.52. The van der Waals surface area contributed by atoms with Gasteiger partial charge in [0.2, 0.25) is 5.91 Å². The number of sulfonamides is 1. The van der Waals surface area contributed by atoms with Crippen LogP contribution >= 0.6 is 22.7 Å². The number of hydrogen-bond donors (Lipinski definition) is 2. The number of rotatable bonds is 7. The van der Waals surface area contributed by atoms with E-state index in [1.54, 1.807) is 17.5 Å². The van der Waals surface area contributed by atoms with Gasteiger partial charge in [-0.25, -0.2) is 8.42 Å². The molecule has 1 fully saturated rings. The van der Waals surface area contributed by atoms with Crippen molar-refractivity contribution in [1.82, 2.24) is 9.21 Å². The molecule has 0 aliphatic carbocycles. The van der Waals surface area contributed by atoms with Crippen LogP contribution in [0, 0.1) is 0 Å². The standard InChI is InChI=1S/C24H26N4O4S3/c25-22(29)21-17-10-12-27(14-16-6-2-1-3-7-16)15-19(17)34-24(21)26-23(30)18-8-4-11-28(18)35(31,32)20-9-5-13-33-20/h1-3,5-7,9,13,18H,4,8,10-12,14-15H2,(H2,25,29)(H,26,30). The van der Waals surface area contributed by atoms with Gasteiger partial charge in [-0.1, -0.05) is 36.4 Å². The summed E-state index contributed by atoms with van der Waals surface area (Å²) < 4.78 is 27.6. The summed E-state index contributed by atoms with van der Waals surface area (Å²) in [5, 5.41) is 4.97. The van der Waals surface area contributed by atoms with Crippen LogP contribution in [0.25, 0.3) is 0 Å². The van der Waals surface area contributed by atoms with Gasteiger partial charge in [0.1, 0.15) is 15.3 Å². The molecule has 2 amide bonds. The fraction of sp³-hybridized carbons (Fsp3) is 0.333. The van der Waals surface area contributed by atoms with Crippen LogP contribution in [0.1, 0.15) is 39.2 Å². The van der Waals surface area contributed by atoms with E-state index in [9.17, 15) is 18.0 Å². The molecule has 35 heavy (non-hydrogen) atoms. The van der Waals surface area contributed by atoms with E-state index >= 15 is 0 Å². The Morgan fingerprint density at radius 3 is 2.63 bits per heavy atom. The number of amides is 2. The Hall–Kier alpha value is -2.57. The van der Waals surface area contributed by atoms with Crippen LogP contribution in [0.4, 0.5) is 5.00 Å². The molecular formula is C24H26N4O4S3. The molecule has 5 rings (SSSR count). The van der Waals surface area contributed by atoms with E-state index in [1.807, 2.05) is 18.2 Å². The third-order valence-electron chi connectivity index (χ3n) is 6.43. The Kier molecular flexibility index (Phi) is 6.78. The summed E-state index contributed by atoms with van der Waals surface area (Å²) in [4.78, 5) is 28.9. The second kappa shape index (κ2) is 9.82. The van der Waals surface area contributed by atoms with Gasteiger partial charge in [0.25, 0.3) is 15.9 Å². The number of carbonyl (C=O) groups excluding carboxylic acids is 2. The number of hydrogen-bond acceptors (Lipinski definition) is 7. The van der Waals surface area contributed by atoms with E-state index < -0.39 is 27.9 Å². The Labute approximate surface area is 212 Å². The molecule has 4 heterocycles. The highest BCUT2D eigenvalue weighted by atomic mass is 32.2. The van der Waals surface area contributed by atoms with Gasteiger partial charge in [-0.2, -0.15) is 4.31 Å². The second-order valence-electron chi connectivity index (χ2n) is 8.71. The van der Waals surface area contributed by atoms with Crippen molar-refractivity contribution < 1.29 is 18.0 Å². The average molecular weight is 531 g/mol. The number of nitrogens with one attached hydrogen (secondary N) is 1. The second-order valence-corrected chi connectivity index (χ2v) is 12.9. The first kappa shape index (κ1) is 24.1. The average Bonchev–Trinajstić information content (AvgIpc) is 3.58. The monoisotopic (exact) mass is 530 g/mol. The van der Waals surface area contributed by atoms with E-state index in [0.29, 0.717) is 36.4 Å². The maximum Gasteiger partial charge on any atom is 0.253 e. The fourth-order valence-corrected chi connectivity index (χ4v) is 8.87. The quantitative estimate of drug-likeness (QED) is 0.487. The van der Waals surface area contributed by atoms with Crippen molar-refractivity contribution in [3.8, 4) is 0 Å². The van der Waals surface area contributed by atoms with Gasteiger partial charge in [0, 0.05) is 31.1 Å². The molecule has 1 unspecified atom stereocenters. The fourth-order valence-electron chi connectivity index (χ4n) is 4.79. The van der Waals surface area contributed by atoms with Crippen molar-refractivity contribution in [3.05, 3.63) is 69.4 Å². The molecule has 2 aromatic heterocycles. The number of benzene rings is 1. The molecule has 0 saturated carbocycles. The minimum absolute atomic E-state index is 0.222. The van der Waals surface area contributed by atoms with Gasteiger partial charge in [0.05, 0.1) is 5.56 Å². The number of nitrogens with two attached hydrogens (primary N) is 1. The van der Waals surface area contributed by atoms with Crippen LogP contribution in [0.15, 0.2) is 52.1 Å². The minimum atomic E-state index is -3.75. The van der Waals surface area contributed by atoms with Crippen molar-refractivity contribution in [2.24, 2.45) is 5.73 Å². The number of carbonyl (C=O) groups is 2. The molecule has 0 bridgehead atoms. The molecule has 11 heteroatoms. The van der Waals surface area contributed by atoms with Crippen LogP contribution in [-0.2, 0) is 34.3 Å². The largest absolute Gasteiger partial charge is 0.365 e. The van der Waals surface area contributed by atoms with Crippen molar-refractivity contribution in [2.75, 3.05) is 18.4 Å². The predicted molar refractivity (Wildman–Crippen MR) is 137 cm³/mol. The summed E-state index contributed by atoms with van der Waals surface area (Å²) >= 11 is 2.49. The molecule has 0 spiro atoms. The smallest absolute Gasteiger partial charge is 0.253 e.